The van der Waals surface area contributed by atoms with Crippen molar-refractivity contribution >= 4 is 15.7 Å². The number of nitrogens with zero attached hydrogens (tertiary/aromatic N) is 1. The van der Waals surface area contributed by atoms with Crippen LogP contribution in [0.15, 0.2) is 23.1 Å². The first kappa shape index (κ1) is 16.1. The van der Waals surface area contributed by atoms with Gasteiger partial charge in [0.1, 0.15) is 11.9 Å². The number of ether oxygens (including phenoxy) is 1. The number of hydrogen-bond donors (Lipinski definition) is 2. The quantitative estimate of drug-likeness (QED) is 0.817. The van der Waals surface area contributed by atoms with E-state index in [1.807, 2.05) is 6.92 Å². The highest BCUT2D eigenvalue weighted by molar-refractivity contribution is 7.89. The van der Waals surface area contributed by atoms with Crippen molar-refractivity contribution in [3.05, 3.63) is 18.2 Å². The molecule has 1 aliphatic heterocycles. The van der Waals surface area contributed by atoms with Gasteiger partial charge < -0.3 is 14.7 Å². The SMILES string of the molecule is CCCN1CC(C)Oc2ccc(S(=O)(=O)NCCO)cc21. The Hall–Kier alpha value is -1.31. The molecule has 0 fully saturated rings. The van der Waals surface area contributed by atoms with Crippen molar-refractivity contribution in [2.75, 3.05) is 31.1 Å². The second-order valence-electron chi connectivity index (χ2n) is 5.13. The van der Waals surface area contributed by atoms with Gasteiger partial charge in [-0.05, 0) is 31.5 Å². The van der Waals surface area contributed by atoms with Crippen LogP contribution < -0.4 is 14.4 Å². The van der Waals surface area contributed by atoms with E-state index in [1.165, 1.54) is 6.07 Å². The Morgan fingerprint density at radius 1 is 1.48 bits per heavy atom. The number of benzene rings is 1. The lowest BCUT2D eigenvalue weighted by Gasteiger charge is -2.35. The van der Waals surface area contributed by atoms with Gasteiger partial charge in [-0.3, -0.25) is 0 Å². The first-order chi connectivity index (χ1) is 9.97. The molecule has 1 aliphatic rings. The van der Waals surface area contributed by atoms with Gasteiger partial charge in [0.25, 0.3) is 0 Å². The molecule has 0 aliphatic carbocycles. The summed E-state index contributed by atoms with van der Waals surface area (Å²) in [5, 5.41) is 8.75. The van der Waals surface area contributed by atoms with E-state index in [0.717, 1.165) is 25.2 Å². The Morgan fingerprint density at radius 3 is 2.90 bits per heavy atom. The number of rotatable bonds is 6. The van der Waals surface area contributed by atoms with Gasteiger partial charge in [-0.25, -0.2) is 13.1 Å². The molecule has 2 rings (SSSR count). The van der Waals surface area contributed by atoms with E-state index in [9.17, 15) is 8.42 Å². The molecule has 0 saturated heterocycles. The lowest BCUT2D eigenvalue weighted by molar-refractivity contribution is 0.212. The van der Waals surface area contributed by atoms with Crippen molar-refractivity contribution in [3.8, 4) is 5.75 Å². The molecule has 1 heterocycles. The van der Waals surface area contributed by atoms with E-state index in [1.54, 1.807) is 12.1 Å². The summed E-state index contributed by atoms with van der Waals surface area (Å²) in [7, 11) is -3.60. The minimum absolute atomic E-state index is 0.00558. The first-order valence-electron chi connectivity index (χ1n) is 7.14. The summed E-state index contributed by atoms with van der Waals surface area (Å²) < 4.78 is 32.4. The maximum absolute atomic E-state index is 12.1. The van der Waals surface area contributed by atoms with E-state index >= 15 is 0 Å². The van der Waals surface area contributed by atoms with E-state index in [2.05, 4.69) is 16.5 Å². The van der Waals surface area contributed by atoms with Gasteiger partial charge in [0.05, 0.1) is 23.7 Å². The van der Waals surface area contributed by atoms with Crippen molar-refractivity contribution in [2.24, 2.45) is 0 Å². The minimum atomic E-state index is -3.60. The molecule has 2 N–H and O–H groups in total. The van der Waals surface area contributed by atoms with Crippen LogP contribution in [0.3, 0.4) is 0 Å². The van der Waals surface area contributed by atoms with Crippen molar-refractivity contribution in [1.82, 2.24) is 4.72 Å². The van der Waals surface area contributed by atoms with Gasteiger partial charge in [0, 0.05) is 13.1 Å². The summed E-state index contributed by atoms with van der Waals surface area (Å²) >= 11 is 0. The second-order valence-corrected chi connectivity index (χ2v) is 6.89. The van der Waals surface area contributed by atoms with Gasteiger partial charge >= 0.3 is 0 Å². The molecule has 1 unspecified atom stereocenters. The van der Waals surface area contributed by atoms with Crippen LogP contribution in [-0.2, 0) is 10.0 Å². The third-order valence-electron chi connectivity index (χ3n) is 3.28. The smallest absolute Gasteiger partial charge is 0.240 e. The van der Waals surface area contributed by atoms with Crippen LogP contribution in [0, 0.1) is 0 Å². The summed E-state index contributed by atoms with van der Waals surface area (Å²) in [5.41, 5.74) is 0.807. The monoisotopic (exact) mass is 314 g/mol. The number of sulfonamides is 1. The zero-order valence-electron chi connectivity index (χ0n) is 12.4. The Bertz CT molecular complexity index is 589. The number of anilines is 1. The molecule has 118 valence electrons. The molecule has 21 heavy (non-hydrogen) atoms. The highest BCUT2D eigenvalue weighted by atomic mass is 32.2. The molecule has 0 saturated carbocycles. The number of aliphatic hydroxyl groups is 1. The van der Waals surface area contributed by atoms with E-state index < -0.39 is 10.0 Å². The highest BCUT2D eigenvalue weighted by Gasteiger charge is 2.25. The predicted octanol–water partition coefficient (Wildman–Crippen LogP) is 0.954. The molecule has 0 aromatic heterocycles. The van der Waals surface area contributed by atoms with Crippen LogP contribution in [-0.4, -0.2) is 45.9 Å². The summed E-state index contributed by atoms with van der Waals surface area (Å²) in [6.07, 6.45) is 1.06. The highest BCUT2D eigenvalue weighted by Crippen LogP contribution is 2.35. The van der Waals surface area contributed by atoms with Crippen molar-refractivity contribution in [1.29, 1.82) is 0 Å². The third-order valence-corrected chi connectivity index (χ3v) is 4.74. The Kier molecular flexibility index (Phi) is 5.08. The molecule has 6 nitrogen and oxygen atoms in total. The van der Waals surface area contributed by atoms with Crippen LogP contribution in [0.2, 0.25) is 0 Å². The van der Waals surface area contributed by atoms with Crippen LogP contribution >= 0.6 is 0 Å². The van der Waals surface area contributed by atoms with Crippen LogP contribution in [0.25, 0.3) is 0 Å². The third kappa shape index (κ3) is 3.66. The maximum atomic E-state index is 12.1. The van der Waals surface area contributed by atoms with Crippen molar-refractivity contribution in [2.45, 2.75) is 31.3 Å². The zero-order valence-corrected chi connectivity index (χ0v) is 13.2. The lowest BCUT2D eigenvalue weighted by atomic mass is 10.2. The standard InChI is InChI=1S/C14H22N2O4S/c1-3-7-16-10-11(2)20-14-5-4-12(9-13(14)16)21(18,19)15-6-8-17/h4-5,9,11,15,17H,3,6-8,10H2,1-2H3. The Morgan fingerprint density at radius 2 is 2.24 bits per heavy atom. The zero-order chi connectivity index (χ0) is 15.5. The Labute approximate surface area is 125 Å². The minimum Gasteiger partial charge on any atom is -0.487 e. The summed E-state index contributed by atoms with van der Waals surface area (Å²) in [4.78, 5) is 2.34. The second kappa shape index (κ2) is 6.64. The van der Waals surface area contributed by atoms with Gasteiger partial charge in [0.2, 0.25) is 10.0 Å². The number of hydrogen-bond acceptors (Lipinski definition) is 5. The van der Waals surface area contributed by atoms with Gasteiger partial charge in [0.15, 0.2) is 0 Å². The number of nitrogens with one attached hydrogen (secondary N) is 1. The molecule has 1 aromatic rings. The first-order valence-corrected chi connectivity index (χ1v) is 8.62. The number of fused-ring (bicyclic) bond motifs is 1. The van der Waals surface area contributed by atoms with Gasteiger partial charge in [-0.15, -0.1) is 0 Å². The molecule has 0 spiro atoms. The van der Waals surface area contributed by atoms with Crippen molar-refractivity contribution < 1.29 is 18.3 Å². The molecule has 0 bridgehead atoms. The average molecular weight is 314 g/mol. The summed E-state index contributed by atoms with van der Waals surface area (Å²) in [5.74, 6) is 0.711. The van der Waals surface area contributed by atoms with Crippen LogP contribution in [0.5, 0.6) is 5.75 Å². The van der Waals surface area contributed by atoms with E-state index in [0.29, 0.717) is 5.75 Å². The molecule has 7 heteroatoms. The molecule has 1 aromatic carbocycles. The fraction of sp³-hybridized carbons (Fsp3) is 0.571. The van der Waals surface area contributed by atoms with E-state index in [-0.39, 0.29) is 24.2 Å². The summed E-state index contributed by atoms with van der Waals surface area (Å²) in [6, 6.07) is 4.86. The summed E-state index contributed by atoms with van der Waals surface area (Å²) in [6.45, 7) is 5.46. The van der Waals surface area contributed by atoms with Crippen molar-refractivity contribution in [3.63, 3.8) is 0 Å². The molecule has 0 radical (unpaired) electrons. The fourth-order valence-corrected chi connectivity index (χ4v) is 3.46. The van der Waals surface area contributed by atoms with E-state index in [4.69, 9.17) is 9.84 Å². The average Bonchev–Trinajstić information content (AvgIpc) is 2.45. The lowest BCUT2D eigenvalue weighted by Crippen LogP contribution is -2.39. The maximum Gasteiger partial charge on any atom is 0.240 e. The van der Waals surface area contributed by atoms with Gasteiger partial charge in [-0.1, -0.05) is 6.92 Å². The fourth-order valence-electron chi connectivity index (χ4n) is 2.42. The molecule has 0 amide bonds. The number of aliphatic hydroxyl groups excluding tert-OH is 1. The van der Waals surface area contributed by atoms with Gasteiger partial charge in [-0.2, -0.15) is 0 Å². The van der Waals surface area contributed by atoms with Crippen LogP contribution in [0.1, 0.15) is 20.3 Å². The largest absolute Gasteiger partial charge is 0.487 e. The molecule has 1 atom stereocenters. The predicted molar refractivity (Wildman–Crippen MR) is 81.3 cm³/mol. The molecular weight excluding hydrogens is 292 g/mol. The molecular formula is C14H22N2O4S. The topological polar surface area (TPSA) is 78.9 Å². The normalized spacial score (nSPS) is 18.2. The van der Waals surface area contributed by atoms with Crippen LogP contribution in [0.4, 0.5) is 5.69 Å². The Balaban J connectivity index is 2.35.